The molecule has 0 aliphatic carbocycles. The second-order valence-electron chi connectivity index (χ2n) is 8.43. The van der Waals surface area contributed by atoms with Crippen molar-refractivity contribution in [1.29, 1.82) is 0 Å². The zero-order valence-corrected chi connectivity index (χ0v) is 20.4. The Hall–Kier alpha value is -2.70. The van der Waals surface area contributed by atoms with Gasteiger partial charge in [-0.2, -0.15) is 13.2 Å². The minimum absolute atomic E-state index is 0.0851. The van der Waals surface area contributed by atoms with Crippen LogP contribution in [0.4, 0.5) is 13.2 Å². The van der Waals surface area contributed by atoms with Crippen LogP contribution in [0.15, 0.2) is 30.6 Å². The number of alkyl halides is 3. The van der Waals surface area contributed by atoms with Crippen LogP contribution in [-0.4, -0.2) is 50.1 Å². The number of rotatable bonds is 6. The van der Waals surface area contributed by atoms with Crippen LogP contribution in [0.25, 0.3) is 5.65 Å². The zero-order valence-electron chi connectivity index (χ0n) is 18.8. The van der Waals surface area contributed by atoms with Gasteiger partial charge in [0.15, 0.2) is 6.61 Å². The van der Waals surface area contributed by atoms with Crippen LogP contribution in [0.5, 0.6) is 17.4 Å². The van der Waals surface area contributed by atoms with E-state index in [2.05, 4.69) is 15.3 Å². The van der Waals surface area contributed by atoms with Crippen molar-refractivity contribution in [3.63, 3.8) is 0 Å². The molecular weight excluding hydrogens is 509 g/mol. The van der Waals surface area contributed by atoms with Gasteiger partial charge in [-0.1, -0.05) is 11.6 Å². The first-order valence-electron chi connectivity index (χ1n) is 10.6. The third-order valence-corrected chi connectivity index (χ3v) is 7.26. The molecule has 1 fully saturated rings. The molecule has 35 heavy (non-hydrogen) atoms. The molecule has 1 N–H and O–H groups in total. The molecule has 0 radical (unpaired) electrons. The average molecular weight is 531 g/mol. The average Bonchev–Trinajstić information content (AvgIpc) is 3.11. The summed E-state index contributed by atoms with van der Waals surface area (Å²) in [4.78, 5) is 21.3. The molecule has 3 aromatic rings. The van der Waals surface area contributed by atoms with Crippen LogP contribution in [0, 0.1) is 6.92 Å². The molecule has 0 aromatic carbocycles. The molecule has 1 amide bonds. The van der Waals surface area contributed by atoms with Crippen LogP contribution in [0.3, 0.4) is 0 Å². The van der Waals surface area contributed by atoms with Gasteiger partial charge in [-0.05, 0) is 6.07 Å². The molecule has 13 heteroatoms. The number of carbonyl (C=O) groups is 1. The van der Waals surface area contributed by atoms with Crippen LogP contribution in [0.2, 0.25) is 5.02 Å². The molecule has 0 spiro atoms. The van der Waals surface area contributed by atoms with Crippen LogP contribution < -0.4 is 14.8 Å². The van der Waals surface area contributed by atoms with E-state index in [1.54, 1.807) is 17.4 Å². The van der Waals surface area contributed by atoms with Crippen molar-refractivity contribution in [2.75, 3.05) is 18.1 Å². The van der Waals surface area contributed by atoms with E-state index in [4.69, 9.17) is 21.1 Å². The van der Waals surface area contributed by atoms with Gasteiger partial charge in [-0.25, -0.2) is 4.98 Å². The third kappa shape index (κ3) is 5.93. The van der Waals surface area contributed by atoms with E-state index in [-0.39, 0.29) is 34.0 Å². The van der Waals surface area contributed by atoms with E-state index in [1.165, 1.54) is 24.5 Å². The summed E-state index contributed by atoms with van der Waals surface area (Å²) in [5, 5.41) is 2.93. The molecule has 8 nitrogen and oxygen atoms in total. The quantitative estimate of drug-likeness (QED) is 0.369. The summed E-state index contributed by atoms with van der Waals surface area (Å²) in [6.07, 6.45) is -0.521. The van der Waals surface area contributed by atoms with Gasteiger partial charge in [0.2, 0.25) is 5.75 Å². The zero-order chi connectivity index (χ0) is 25.4. The number of imidazole rings is 1. The maximum atomic E-state index is 13.0. The first-order valence-corrected chi connectivity index (χ1v) is 12.5. The molecule has 0 saturated carbocycles. The van der Waals surface area contributed by atoms with Crippen molar-refractivity contribution in [2.24, 2.45) is 0 Å². The minimum atomic E-state index is -4.56. The van der Waals surface area contributed by atoms with Crippen molar-refractivity contribution in [3.05, 3.63) is 47.0 Å². The Morgan fingerprint density at radius 1 is 1.31 bits per heavy atom. The molecule has 1 saturated heterocycles. The SMILES string of the molecule is Cc1c(C(=O)NC2(C)CC[S-](#[O+])CC2)nc2ccc(Oc3nccc(Cl)c3OCC(F)(F)F)cn12. The number of aromatic nitrogens is 3. The summed E-state index contributed by atoms with van der Waals surface area (Å²) in [5.74, 6) is 0.374. The first-order chi connectivity index (χ1) is 16.4. The van der Waals surface area contributed by atoms with Crippen LogP contribution in [0.1, 0.15) is 35.9 Å². The first kappa shape index (κ1) is 25.4. The maximum absolute atomic E-state index is 13.0. The number of pyridine rings is 2. The van der Waals surface area contributed by atoms with Gasteiger partial charge in [0.25, 0.3) is 5.88 Å². The van der Waals surface area contributed by atoms with E-state index in [1.807, 2.05) is 6.92 Å². The molecular formula is C22H22ClF3N4O4S. The fraction of sp³-hybridized carbons (Fsp3) is 0.409. The number of nitrogens with one attached hydrogen (secondary N) is 1. The third-order valence-electron chi connectivity index (χ3n) is 5.64. The molecule has 1 aliphatic heterocycles. The van der Waals surface area contributed by atoms with Crippen LogP contribution in [-0.2, 0) is 14.7 Å². The Bertz CT molecular complexity index is 1340. The fourth-order valence-corrected chi connectivity index (χ4v) is 5.41. The van der Waals surface area contributed by atoms with Gasteiger partial charge in [-0.3, -0.25) is 0 Å². The van der Waals surface area contributed by atoms with Crippen molar-refractivity contribution >= 4 is 33.8 Å². The fourth-order valence-electron chi connectivity index (χ4n) is 3.66. The Morgan fingerprint density at radius 2 is 2.03 bits per heavy atom. The summed E-state index contributed by atoms with van der Waals surface area (Å²) < 4.78 is 61.6. The van der Waals surface area contributed by atoms with Gasteiger partial charge in [0.1, 0.15) is 0 Å². The summed E-state index contributed by atoms with van der Waals surface area (Å²) in [5.41, 5.74) is 0.776. The Kier molecular flexibility index (Phi) is 7.07. The van der Waals surface area contributed by atoms with Gasteiger partial charge in [0.05, 0.1) is 5.02 Å². The number of halogens is 4. The van der Waals surface area contributed by atoms with Gasteiger partial charge >= 0.3 is 136 Å². The summed E-state index contributed by atoms with van der Waals surface area (Å²) in [6, 6.07) is 4.43. The summed E-state index contributed by atoms with van der Waals surface area (Å²) in [7, 11) is -0.855. The number of hydrogen-bond acceptors (Lipinski definition) is 6. The second-order valence-corrected chi connectivity index (χ2v) is 10.5. The van der Waals surface area contributed by atoms with Crippen molar-refractivity contribution in [3.8, 4) is 17.4 Å². The monoisotopic (exact) mass is 530 g/mol. The second kappa shape index (κ2) is 9.75. The molecule has 4 heterocycles. The number of fused-ring (bicyclic) bond motifs is 1. The predicted molar refractivity (Wildman–Crippen MR) is 124 cm³/mol. The number of amides is 1. The van der Waals surface area contributed by atoms with E-state index in [0.717, 1.165) is 0 Å². The number of carbonyl (C=O) groups excluding carboxylic acids is 1. The van der Waals surface area contributed by atoms with Crippen molar-refractivity contribution < 1.29 is 31.5 Å². The number of hydrogen-bond donors (Lipinski definition) is 1. The molecule has 1 aliphatic rings. The predicted octanol–water partition coefficient (Wildman–Crippen LogP) is 4.67. The number of ether oxygens (including phenoxy) is 2. The molecule has 4 rings (SSSR count). The Labute approximate surface area is 205 Å². The topological polar surface area (TPSA) is 97.7 Å². The molecule has 3 aromatic heterocycles. The Balaban J connectivity index is 1.57. The van der Waals surface area contributed by atoms with Gasteiger partial charge in [0, 0.05) is 6.20 Å². The van der Waals surface area contributed by atoms with Crippen molar-refractivity contribution in [2.45, 2.75) is 38.4 Å². The van der Waals surface area contributed by atoms with E-state index >= 15 is 0 Å². The number of aryl methyl sites for hydroxylation is 1. The molecule has 0 atom stereocenters. The van der Waals surface area contributed by atoms with Gasteiger partial charge < -0.3 is 4.74 Å². The summed E-state index contributed by atoms with van der Waals surface area (Å²) in [6.45, 7) is 2.09. The number of nitrogens with zero attached hydrogens (tertiary/aromatic N) is 3. The Morgan fingerprint density at radius 3 is 2.71 bits per heavy atom. The summed E-state index contributed by atoms with van der Waals surface area (Å²) >= 11 is 5.99. The molecule has 188 valence electrons. The molecule has 0 bridgehead atoms. The van der Waals surface area contributed by atoms with Crippen molar-refractivity contribution in [1.82, 2.24) is 19.7 Å². The van der Waals surface area contributed by atoms with Crippen LogP contribution >= 0.6 is 11.6 Å². The van der Waals surface area contributed by atoms with E-state index < -0.39 is 29.0 Å². The van der Waals surface area contributed by atoms with E-state index in [0.29, 0.717) is 35.7 Å². The van der Waals surface area contributed by atoms with E-state index in [9.17, 15) is 22.0 Å². The molecule has 0 unspecified atom stereocenters. The standard InChI is InChI=1S/C22H22ClF3N4O4S/c1-13-17(19(31)29-21(2)6-9-35(32)10-7-21)28-16-4-3-14(11-30(13)16)34-20-18(15(23)5-8-27-20)33-12-22(24,25)26/h3-5,8,11H,6-7,9-10,12H2,1-2H3,(H,29,31). The normalized spacial score (nSPS) is 16.3. The van der Waals surface area contributed by atoms with Gasteiger partial charge in [-0.15, -0.1) is 0 Å².